The summed E-state index contributed by atoms with van der Waals surface area (Å²) in [5, 5.41) is 26.3. The predicted molar refractivity (Wildman–Crippen MR) is 92.9 cm³/mol. The standard InChI is InChI=1S/C18H16BrN3O/c1-12-9-16(13-5-3-2-4-6-13)22(21-12)17(11-20)15-8-7-14(19)10-18(15)23/h2-8,10,16-17,23H,9H2,1H3/t16-,17+/m1/s1. The third kappa shape index (κ3) is 3.08. The summed E-state index contributed by atoms with van der Waals surface area (Å²) in [7, 11) is 0. The number of benzene rings is 2. The first kappa shape index (κ1) is 15.6. The van der Waals surface area contributed by atoms with Gasteiger partial charge < -0.3 is 5.11 Å². The fourth-order valence-electron chi connectivity index (χ4n) is 2.88. The number of hydrogen-bond acceptors (Lipinski definition) is 4. The summed E-state index contributed by atoms with van der Waals surface area (Å²) in [6.45, 7) is 1.96. The van der Waals surface area contributed by atoms with Gasteiger partial charge in [0, 0.05) is 22.2 Å². The Morgan fingerprint density at radius 2 is 2.04 bits per heavy atom. The number of aromatic hydroxyl groups is 1. The molecular formula is C18H16BrN3O. The van der Waals surface area contributed by atoms with Crippen LogP contribution in [-0.2, 0) is 0 Å². The zero-order chi connectivity index (χ0) is 16.4. The lowest BCUT2D eigenvalue weighted by Crippen LogP contribution is -2.24. The first-order valence-corrected chi connectivity index (χ1v) is 8.15. The number of halogens is 1. The summed E-state index contributed by atoms with van der Waals surface area (Å²) in [4.78, 5) is 0. The summed E-state index contributed by atoms with van der Waals surface area (Å²) in [5.41, 5.74) is 2.66. The van der Waals surface area contributed by atoms with Crippen LogP contribution in [-0.4, -0.2) is 15.8 Å². The van der Waals surface area contributed by atoms with Crippen molar-refractivity contribution in [1.29, 1.82) is 5.26 Å². The number of phenolic OH excluding ortho intramolecular Hbond substituents is 1. The van der Waals surface area contributed by atoms with E-state index in [1.807, 2.05) is 43.3 Å². The van der Waals surface area contributed by atoms with Crippen molar-refractivity contribution in [2.45, 2.75) is 25.4 Å². The molecule has 3 rings (SSSR count). The fourth-order valence-corrected chi connectivity index (χ4v) is 3.23. The minimum Gasteiger partial charge on any atom is -0.508 e. The van der Waals surface area contributed by atoms with Gasteiger partial charge in [0.05, 0.1) is 12.1 Å². The second-order valence-corrected chi connectivity index (χ2v) is 6.50. The van der Waals surface area contributed by atoms with E-state index in [1.165, 1.54) is 0 Å². The molecule has 2 atom stereocenters. The minimum atomic E-state index is -0.634. The molecule has 0 fully saturated rings. The normalized spacial score (nSPS) is 18.4. The molecule has 23 heavy (non-hydrogen) atoms. The highest BCUT2D eigenvalue weighted by Gasteiger charge is 2.33. The zero-order valence-corrected chi connectivity index (χ0v) is 14.2. The molecule has 116 valence electrons. The molecule has 0 saturated heterocycles. The molecule has 1 heterocycles. The first-order chi connectivity index (χ1) is 11.1. The molecule has 1 aliphatic rings. The third-order valence-corrected chi connectivity index (χ3v) is 4.45. The number of hydrazone groups is 1. The van der Waals surface area contributed by atoms with Gasteiger partial charge >= 0.3 is 0 Å². The lowest BCUT2D eigenvalue weighted by atomic mass is 9.99. The Hall–Kier alpha value is -2.32. The van der Waals surface area contributed by atoms with Crippen molar-refractivity contribution in [1.82, 2.24) is 5.01 Å². The molecule has 0 unspecified atom stereocenters. The maximum absolute atomic E-state index is 10.2. The van der Waals surface area contributed by atoms with E-state index < -0.39 is 6.04 Å². The quantitative estimate of drug-likeness (QED) is 0.863. The summed E-state index contributed by atoms with van der Waals surface area (Å²) in [6.07, 6.45) is 0.777. The van der Waals surface area contributed by atoms with E-state index in [9.17, 15) is 10.4 Å². The zero-order valence-electron chi connectivity index (χ0n) is 12.6. The van der Waals surface area contributed by atoms with Gasteiger partial charge in [0.15, 0.2) is 6.04 Å². The molecule has 1 aliphatic heterocycles. The van der Waals surface area contributed by atoms with Gasteiger partial charge in [0.2, 0.25) is 0 Å². The Kier molecular flexibility index (Phi) is 4.35. The van der Waals surface area contributed by atoms with Gasteiger partial charge in [-0.15, -0.1) is 0 Å². The van der Waals surface area contributed by atoms with Crippen molar-refractivity contribution in [3.8, 4) is 11.8 Å². The van der Waals surface area contributed by atoms with Crippen molar-refractivity contribution >= 4 is 21.6 Å². The summed E-state index contributed by atoms with van der Waals surface area (Å²) in [5.74, 6) is 0.0949. The third-order valence-electron chi connectivity index (χ3n) is 3.95. The van der Waals surface area contributed by atoms with Crippen LogP contribution in [0.15, 0.2) is 58.1 Å². The number of hydrogen-bond donors (Lipinski definition) is 1. The van der Waals surface area contributed by atoms with Gasteiger partial charge in [0.25, 0.3) is 0 Å². The van der Waals surface area contributed by atoms with Gasteiger partial charge in [-0.2, -0.15) is 10.4 Å². The van der Waals surface area contributed by atoms with Gasteiger partial charge in [-0.3, -0.25) is 5.01 Å². The van der Waals surface area contributed by atoms with Crippen molar-refractivity contribution in [2.75, 3.05) is 0 Å². The second kappa shape index (κ2) is 6.43. The molecule has 2 aromatic carbocycles. The SMILES string of the molecule is CC1=NN([C@@H](C#N)c2ccc(Br)cc2O)[C@@H](c2ccccc2)C1. The van der Waals surface area contributed by atoms with Crippen LogP contribution in [0.1, 0.15) is 36.6 Å². The highest BCUT2D eigenvalue weighted by atomic mass is 79.9. The maximum atomic E-state index is 10.2. The van der Waals surface area contributed by atoms with Crippen LogP contribution in [0.4, 0.5) is 0 Å². The molecule has 2 aromatic rings. The van der Waals surface area contributed by atoms with E-state index >= 15 is 0 Å². The Morgan fingerprint density at radius 3 is 2.70 bits per heavy atom. The average molecular weight is 370 g/mol. The molecule has 0 aliphatic carbocycles. The molecule has 0 aromatic heterocycles. The Balaban J connectivity index is 2.00. The summed E-state index contributed by atoms with van der Waals surface area (Å²) < 4.78 is 0.774. The maximum Gasteiger partial charge on any atom is 0.162 e. The van der Waals surface area contributed by atoms with Gasteiger partial charge in [-0.25, -0.2) is 0 Å². The van der Waals surface area contributed by atoms with E-state index in [2.05, 4.69) is 27.1 Å². The van der Waals surface area contributed by atoms with E-state index in [1.54, 1.807) is 17.1 Å². The van der Waals surface area contributed by atoms with Crippen LogP contribution in [0, 0.1) is 11.3 Å². The second-order valence-electron chi connectivity index (χ2n) is 5.58. The van der Waals surface area contributed by atoms with Crippen molar-refractivity contribution in [2.24, 2.45) is 5.10 Å². The summed E-state index contributed by atoms with van der Waals surface area (Å²) in [6, 6.07) is 16.9. The van der Waals surface area contributed by atoms with Crippen LogP contribution >= 0.6 is 15.9 Å². The van der Waals surface area contributed by atoms with E-state index in [0.29, 0.717) is 5.56 Å². The molecule has 0 radical (unpaired) electrons. The van der Waals surface area contributed by atoms with Gasteiger partial charge in [-0.05, 0) is 24.6 Å². The van der Waals surface area contributed by atoms with E-state index in [-0.39, 0.29) is 11.8 Å². The Morgan fingerprint density at radius 1 is 1.30 bits per heavy atom. The molecule has 0 amide bonds. The fraction of sp³-hybridized carbons (Fsp3) is 0.222. The van der Waals surface area contributed by atoms with Gasteiger partial charge in [0.1, 0.15) is 5.75 Å². The van der Waals surface area contributed by atoms with Crippen molar-refractivity contribution in [3.05, 3.63) is 64.1 Å². The highest BCUT2D eigenvalue weighted by molar-refractivity contribution is 9.10. The monoisotopic (exact) mass is 369 g/mol. The number of nitrogens with zero attached hydrogens (tertiary/aromatic N) is 3. The van der Waals surface area contributed by atoms with Crippen LogP contribution in [0.25, 0.3) is 0 Å². The largest absolute Gasteiger partial charge is 0.508 e. The number of phenols is 1. The molecular weight excluding hydrogens is 354 g/mol. The Labute approximate surface area is 143 Å². The van der Waals surface area contributed by atoms with Crippen LogP contribution in [0.2, 0.25) is 0 Å². The van der Waals surface area contributed by atoms with Crippen LogP contribution < -0.4 is 0 Å². The minimum absolute atomic E-state index is 0.00361. The molecule has 1 N–H and O–H groups in total. The van der Waals surface area contributed by atoms with E-state index in [4.69, 9.17) is 0 Å². The molecule has 0 bridgehead atoms. The topological polar surface area (TPSA) is 59.6 Å². The van der Waals surface area contributed by atoms with Crippen LogP contribution in [0.5, 0.6) is 5.75 Å². The Bertz CT molecular complexity index is 783. The summed E-state index contributed by atoms with van der Waals surface area (Å²) >= 11 is 3.32. The number of rotatable bonds is 3. The van der Waals surface area contributed by atoms with E-state index in [0.717, 1.165) is 22.2 Å². The van der Waals surface area contributed by atoms with Gasteiger partial charge in [-0.1, -0.05) is 52.3 Å². The number of nitriles is 1. The predicted octanol–water partition coefficient (Wildman–Crippen LogP) is 4.54. The molecule has 4 nitrogen and oxygen atoms in total. The molecule has 0 spiro atoms. The van der Waals surface area contributed by atoms with Crippen LogP contribution in [0.3, 0.4) is 0 Å². The lowest BCUT2D eigenvalue weighted by Gasteiger charge is -2.28. The first-order valence-electron chi connectivity index (χ1n) is 7.35. The smallest absolute Gasteiger partial charge is 0.162 e. The van der Waals surface area contributed by atoms with Crippen molar-refractivity contribution < 1.29 is 5.11 Å². The average Bonchev–Trinajstić information content (AvgIpc) is 2.93. The molecule has 5 heteroatoms. The molecule has 0 saturated carbocycles. The van der Waals surface area contributed by atoms with Crippen molar-refractivity contribution in [3.63, 3.8) is 0 Å². The highest BCUT2D eigenvalue weighted by Crippen LogP contribution is 2.40. The lowest BCUT2D eigenvalue weighted by molar-refractivity contribution is 0.194.